The molecule has 0 spiro atoms. The van der Waals surface area contributed by atoms with Crippen molar-refractivity contribution in [2.75, 3.05) is 21.1 Å². The summed E-state index contributed by atoms with van der Waals surface area (Å²) in [5.41, 5.74) is 1.32. The van der Waals surface area contributed by atoms with Gasteiger partial charge in [0.1, 0.15) is 0 Å². The summed E-state index contributed by atoms with van der Waals surface area (Å²) in [5.74, 6) is 0. The van der Waals surface area contributed by atoms with Crippen LogP contribution in [0.4, 0.5) is 0 Å². The monoisotopic (exact) mass is 181 g/mol. The van der Waals surface area contributed by atoms with Crippen molar-refractivity contribution < 1.29 is 0 Å². The number of hydrogen-bond acceptors (Lipinski definition) is 1. The largest absolute Gasteiger partial charge is 0.312 e. The Kier molecular flexibility index (Phi) is 12.6. The quantitative estimate of drug-likeness (QED) is 0.594. The van der Waals surface area contributed by atoms with E-state index in [0.717, 1.165) is 0 Å². The number of nitrogens with zero attached hydrogens (tertiary/aromatic N) is 1. The molecular weight excluding hydrogens is 158 g/mol. The van der Waals surface area contributed by atoms with Crippen LogP contribution in [0.2, 0.25) is 0 Å². The second kappa shape index (κ2) is 11.2. The van der Waals surface area contributed by atoms with Crippen molar-refractivity contribution in [2.24, 2.45) is 0 Å². The summed E-state index contributed by atoms with van der Waals surface area (Å²) in [6, 6.07) is 10.3. The lowest BCUT2D eigenvalue weighted by atomic mass is 10.2. The zero-order valence-corrected chi connectivity index (χ0v) is 9.83. The molecule has 0 aliphatic carbocycles. The fraction of sp³-hybridized carbons (Fsp3) is 0.500. The van der Waals surface area contributed by atoms with Crippen LogP contribution in [-0.4, -0.2) is 26.0 Å². The average molecular weight is 181 g/mol. The SMILES string of the molecule is CC.CN(C)C.Cc1ccccc1. The van der Waals surface area contributed by atoms with Crippen LogP contribution < -0.4 is 0 Å². The number of rotatable bonds is 0. The average Bonchev–Trinajstić information content (AvgIpc) is 2.08. The molecule has 0 heterocycles. The third-order valence-electron chi connectivity index (χ3n) is 0.940. The lowest BCUT2D eigenvalue weighted by Gasteiger charge is -1.90. The second-order valence-corrected chi connectivity index (χ2v) is 3.00. The molecule has 1 aromatic rings. The molecular formula is C12H23N. The Morgan fingerprint density at radius 3 is 1.31 bits per heavy atom. The fourth-order valence-corrected chi connectivity index (χ4v) is 0.534. The van der Waals surface area contributed by atoms with Gasteiger partial charge in [-0.1, -0.05) is 49.7 Å². The van der Waals surface area contributed by atoms with Crippen LogP contribution >= 0.6 is 0 Å². The van der Waals surface area contributed by atoms with Crippen LogP contribution in [0.15, 0.2) is 30.3 Å². The standard InChI is InChI=1S/C7H8.C3H9N.C2H6/c1-7-5-3-2-4-6-7;1-4(2)3;1-2/h2-6H,1H3;1-3H3;1-2H3. The van der Waals surface area contributed by atoms with Crippen LogP contribution in [-0.2, 0) is 0 Å². The van der Waals surface area contributed by atoms with E-state index in [-0.39, 0.29) is 0 Å². The Morgan fingerprint density at radius 1 is 0.846 bits per heavy atom. The van der Waals surface area contributed by atoms with Crippen molar-refractivity contribution >= 4 is 0 Å². The topological polar surface area (TPSA) is 3.24 Å². The maximum Gasteiger partial charge on any atom is -0.0140 e. The van der Waals surface area contributed by atoms with Gasteiger partial charge in [-0.3, -0.25) is 0 Å². The number of hydrogen-bond donors (Lipinski definition) is 0. The zero-order valence-electron chi connectivity index (χ0n) is 9.83. The van der Waals surface area contributed by atoms with Crippen molar-refractivity contribution in [3.05, 3.63) is 35.9 Å². The van der Waals surface area contributed by atoms with Crippen LogP contribution in [0.5, 0.6) is 0 Å². The van der Waals surface area contributed by atoms with Gasteiger partial charge in [0, 0.05) is 0 Å². The van der Waals surface area contributed by atoms with E-state index < -0.39 is 0 Å². The molecule has 1 nitrogen and oxygen atoms in total. The van der Waals surface area contributed by atoms with E-state index in [9.17, 15) is 0 Å². The van der Waals surface area contributed by atoms with Crippen molar-refractivity contribution in [3.63, 3.8) is 0 Å². The van der Waals surface area contributed by atoms with Crippen molar-refractivity contribution in [1.82, 2.24) is 4.90 Å². The predicted octanol–water partition coefficient (Wildman–Crippen LogP) is 3.20. The normalized spacial score (nSPS) is 7.92. The van der Waals surface area contributed by atoms with Gasteiger partial charge >= 0.3 is 0 Å². The van der Waals surface area contributed by atoms with Crippen molar-refractivity contribution in [2.45, 2.75) is 20.8 Å². The lowest BCUT2D eigenvalue weighted by Crippen LogP contribution is -1.99. The molecule has 0 unspecified atom stereocenters. The highest BCUT2D eigenvalue weighted by atomic mass is 15.0. The van der Waals surface area contributed by atoms with Crippen molar-refractivity contribution in [1.29, 1.82) is 0 Å². The van der Waals surface area contributed by atoms with Gasteiger partial charge in [0.25, 0.3) is 0 Å². The Balaban J connectivity index is 0. The molecule has 0 aliphatic heterocycles. The molecule has 0 bridgehead atoms. The molecule has 0 saturated carbocycles. The Labute approximate surface area is 83.4 Å². The van der Waals surface area contributed by atoms with E-state index in [2.05, 4.69) is 19.1 Å². The Morgan fingerprint density at radius 2 is 1.15 bits per heavy atom. The first-order chi connectivity index (χ1) is 6.13. The third-order valence-corrected chi connectivity index (χ3v) is 0.940. The van der Waals surface area contributed by atoms with Gasteiger partial charge in [-0.2, -0.15) is 0 Å². The summed E-state index contributed by atoms with van der Waals surface area (Å²) in [6.45, 7) is 6.08. The van der Waals surface area contributed by atoms with E-state index in [1.165, 1.54) is 5.56 Å². The first-order valence-corrected chi connectivity index (χ1v) is 4.75. The molecule has 1 aromatic carbocycles. The maximum atomic E-state index is 2.08. The summed E-state index contributed by atoms with van der Waals surface area (Å²) in [7, 11) is 6.00. The zero-order chi connectivity index (χ0) is 10.7. The molecule has 0 N–H and O–H groups in total. The first kappa shape index (κ1) is 14.7. The first-order valence-electron chi connectivity index (χ1n) is 4.75. The molecule has 0 fully saturated rings. The van der Waals surface area contributed by atoms with E-state index in [0.29, 0.717) is 0 Å². The summed E-state index contributed by atoms with van der Waals surface area (Å²) < 4.78 is 0. The molecule has 0 atom stereocenters. The van der Waals surface area contributed by atoms with Gasteiger partial charge in [-0.15, -0.1) is 0 Å². The van der Waals surface area contributed by atoms with Crippen molar-refractivity contribution in [3.8, 4) is 0 Å². The highest BCUT2D eigenvalue weighted by molar-refractivity contribution is 5.11. The minimum Gasteiger partial charge on any atom is -0.312 e. The molecule has 0 aromatic heterocycles. The minimum atomic E-state index is 1.32. The molecule has 0 aliphatic rings. The second-order valence-electron chi connectivity index (χ2n) is 3.00. The highest BCUT2D eigenvalue weighted by Crippen LogP contribution is 1.92. The molecule has 76 valence electrons. The van der Waals surface area contributed by atoms with Gasteiger partial charge < -0.3 is 4.90 Å². The number of aryl methyl sites for hydroxylation is 1. The van der Waals surface area contributed by atoms with Crippen LogP contribution in [0.25, 0.3) is 0 Å². The molecule has 13 heavy (non-hydrogen) atoms. The maximum absolute atomic E-state index is 2.08. The molecule has 0 saturated heterocycles. The van der Waals surface area contributed by atoms with Crippen LogP contribution in [0.1, 0.15) is 19.4 Å². The van der Waals surface area contributed by atoms with Crippen LogP contribution in [0, 0.1) is 6.92 Å². The number of benzene rings is 1. The molecule has 1 rings (SSSR count). The Bertz CT molecular complexity index is 165. The van der Waals surface area contributed by atoms with E-state index in [4.69, 9.17) is 0 Å². The van der Waals surface area contributed by atoms with E-state index >= 15 is 0 Å². The van der Waals surface area contributed by atoms with Gasteiger partial charge in [-0.25, -0.2) is 0 Å². The van der Waals surface area contributed by atoms with Crippen LogP contribution in [0.3, 0.4) is 0 Å². The van der Waals surface area contributed by atoms with E-state index in [1.807, 2.05) is 58.1 Å². The van der Waals surface area contributed by atoms with Gasteiger partial charge in [0.15, 0.2) is 0 Å². The molecule has 1 heteroatoms. The van der Waals surface area contributed by atoms with Gasteiger partial charge in [0.05, 0.1) is 0 Å². The predicted molar refractivity (Wildman–Crippen MR) is 62.1 cm³/mol. The van der Waals surface area contributed by atoms with Gasteiger partial charge in [0.2, 0.25) is 0 Å². The smallest absolute Gasteiger partial charge is 0.0140 e. The molecule has 0 amide bonds. The Hall–Kier alpha value is -0.820. The summed E-state index contributed by atoms with van der Waals surface area (Å²) in [5, 5.41) is 0. The fourth-order valence-electron chi connectivity index (χ4n) is 0.534. The summed E-state index contributed by atoms with van der Waals surface area (Å²) in [6.07, 6.45) is 0. The molecule has 0 radical (unpaired) electrons. The summed E-state index contributed by atoms with van der Waals surface area (Å²) >= 11 is 0. The highest BCUT2D eigenvalue weighted by Gasteiger charge is 1.72. The minimum absolute atomic E-state index is 1.32. The third kappa shape index (κ3) is 18.3. The van der Waals surface area contributed by atoms with E-state index in [1.54, 1.807) is 0 Å². The summed E-state index contributed by atoms with van der Waals surface area (Å²) in [4.78, 5) is 2.00. The van der Waals surface area contributed by atoms with Gasteiger partial charge in [-0.05, 0) is 28.1 Å². The lowest BCUT2D eigenvalue weighted by molar-refractivity contribution is 0.505.